The van der Waals surface area contributed by atoms with Crippen molar-refractivity contribution in [1.82, 2.24) is 5.32 Å². The van der Waals surface area contributed by atoms with Crippen molar-refractivity contribution >= 4 is 21.6 Å². The fourth-order valence-electron chi connectivity index (χ4n) is 3.13. The molecule has 3 rings (SSSR count). The van der Waals surface area contributed by atoms with Gasteiger partial charge in [0.2, 0.25) is 0 Å². The molecule has 1 aromatic rings. The zero-order chi connectivity index (χ0) is 13.4. The second kappa shape index (κ2) is 5.45. The predicted molar refractivity (Wildman–Crippen MR) is 84.6 cm³/mol. The summed E-state index contributed by atoms with van der Waals surface area (Å²) >= 11 is 3.62. The monoisotopic (exact) mass is 322 g/mol. The third kappa shape index (κ3) is 3.14. The summed E-state index contributed by atoms with van der Waals surface area (Å²) in [5.74, 6) is 0.804. The Kier molecular flexibility index (Phi) is 3.86. The summed E-state index contributed by atoms with van der Waals surface area (Å²) in [6, 6.07) is 8.15. The Morgan fingerprint density at radius 2 is 2.11 bits per heavy atom. The number of halogens is 1. The summed E-state index contributed by atoms with van der Waals surface area (Å²) in [7, 11) is 0. The van der Waals surface area contributed by atoms with E-state index in [1.165, 1.54) is 41.5 Å². The van der Waals surface area contributed by atoms with Crippen molar-refractivity contribution in [2.24, 2.45) is 5.92 Å². The summed E-state index contributed by atoms with van der Waals surface area (Å²) in [6.07, 6.45) is 4.01. The zero-order valence-corrected chi connectivity index (χ0v) is 13.4. The first-order valence-corrected chi connectivity index (χ1v) is 8.21. The SMILES string of the molecule is CC1CC(C)N(c2cc(Br)ccc2CNC2CC2)C1. The third-order valence-electron chi connectivity index (χ3n) is 4.30. The molecule has 0 radical (unpaired) electrons. The lowest BCUT2D eigenvalue weighted by Gasteiger charge is -2.27. The molecule has 1 saturated heterocycles. The Morgan fingerprint density at radius 1 is 1.32 bits per heavy atom. The van der Waals surface area contributed by atoms with Gasteiger partial charge in [0, 0.05) is 35.3 Å². The molecule has 2 atom stereocenters. The first kappa shape index (κ1) is 13.4. The Labute approximate surface area is 124 Å². The number of anilines is 1. The van der Waals surface area contributed by atoms with Crippen molar-refractivity contribution in [2.75, 3.05) is 11.4 Å². The highest BCUT2D eigenvalue weighted by Gasteiger charge is 2.28. The van der Waals surface area contributed by atoms with E-state index in [1.54, 1.807) is 0 Å². The lowest BCUT2D eigenvalue weighted by atomic mass is 10.1. The number of hydrogen-bond donors (Lipinski definition) is 1. The fraction of sp³-hybridized carbons (Fsp3) is 0.625. The molecule has 0 spiro atoms. The summed E-state index contributed by atoms with van der Waals surface area (Å²) < 4.78 is 1.18. The highest BCUT2D eigenvalue weighted by Crippen LogP contribution is 2.33. The Bertz CT molecular complexity index is 456. The lowest BCUT2D eigenvalue weighted by Crippen LogP contribution is -2.28. The summed E-state index contributed by atoms with van der Waals surface area (Å²) in [6.45, 7) is 6.90. The van der Waals surface area contributed by atoms with Crippen LogP contribution >= 0.6 is 15.9 Å². The topological polar surface area (TPSA) is 15.3 Å². The molecule has 2 aliphatic rings. The van der Waals surface area contributed by atoms with Crippen LogP contribution in [-0.4, -0.2) is 18.6 Å². The van der Waals surface area contributed by atoms with E-state index in [0.29, 0.717) is 6.04 Å². The molecule has 1 aliphatic carbocycles. The molecule has 1 heterocycles. The molecule has 1 aliphatic heterocycles. The van der Waals surface area contributed by atoms with E-state index in [-0.39, 0.29) is 0 Å². The maximum Gasteiger partial charge on any atom is 0.0425 e. The summed E-state index contributed by atoms with van der Waals surface area (Å²) in [5, 5.41) is 3.64. The molecule has 104 valence electrons. The van der Waals surface area contributed by atoms with Crippen molar-refractivity contribution in [3.63, 3.8) is 0 Å². The quantitative estimate of drug-likeness (QED) is 0.903. The first-order valence-electron chi connectivity index (χ1n) is 7.42. The Morgan fingerprint density at radius 3 is 2.74 bits per heavy atom. The van der Waals surface area contributed by atoms with Crippen molar-refractivity contribution in [2.45, 2.75) is 51.7 Å². The molecule has 2 nitrogen and oxygen atoms in total. The molecule has 1 N–H and O–H groups in total. The molecule has 0 amide bonds. The number of rotatable bonds is 4. The van der Waals surface area contributed by atoms with Crippen LogP contribution in [0.4, 0.5) is 5.69 Å². The van der Waals surface area contributed by atoms with E-state index in [9.17, 15) is 0 Å². The lowest BCUT2D eigenvalue weighted by molar-refractivity contribution is 0.625. The van der Waals surface area contributed by atoms with Gasteiger partial charge in [0.05, 0.1) is 0 Å². The van der Waals surface area contributed by atoms with E-state index in [4.69, 9.17) is 0 Å². The van der Waals surface area contributed by atoms with E-state index < -0.39 is 0 Å². The normalized spacial score (nSPS) is 27.0. The Balaban J connectivity index is 1.82. The van der Waals surface area contributed by atoms with Crippen molar-refractivity contribution < 1.29 is 0 Å². The molecular formula is C16H23BrN2. The van der Waals surface area contributed by atoms with Crippen LogP contribution < -0.4 is 10.2 Å². The van der Waals surface area contributed by atoms with Gasteiger partial charge in [0.1, 0.15) is 0 Å². The third-order valence-corrected chi connectivity index (χ3v) is 4.79. The first-order chi connectivity index (χ1) is 9.13. The molecule has 0 aromatic heterocycles. The number of hydrogen-bond acceptors (Lipinski definition) is 2. The van der Waals surface area contributed by atoms with Crippen LogP contribution in [-0.2, 0) is 6.54 Å². The van der Waals surface area contributed by atoms with Gasteiger partial charge in [-0.1, -0.05) is 28.9 Å². The molecule has 2 fully saturated rings. The molecule has 1 aromatic carbocycles. The molecular weight excluding hydrogens is 300 g/mol. The van der Waals surface area contributed by atoms with Gasteiger partial charge in [-0.05, 0) is 49.8 Å². The second-order valence-electron chi connectivity index (χ2n) is 6.27. The maximum atomic E-state index is 3.64. The fourth-order valence-corrected chi connectivity index (χ4v) is 3.48. The van der Waals surface area contributed by atoms with Crippen molar-refractivity contribution in [3.8, 4) is 0 Å². The Hall–Kier alpha value is -0.540. The van der Waals surface area contributed by atoms with Crippen LogP contribution in [0.2, 0.25) is 0 Å². The van der Waals surface area contributed by atoms with Crippen LogP contribution in [0.1, 0.15) is 38.7 Å². The summed E-state index contributed by atoms with van der Waals surface area (Å²) in [5.41, 5.74) is 2.86. The van der Waals surface area contributed by atoms with Crippen LogP contribution in [0, 0.1) is 5.92 Å². The average molecular weight is 323 g/mol. The number of benzene rings is 1. The summed E-state index contributed by atoms with van der Waals surface area (Å²) in [4.78, 5) is 2.58. The number of nitrogens with one attached hydrogen (secondary N) is 1. The van der Waals surface area contributed by atoms with Gasteiger partial charge in [-0.15, -0.1) is 0 Å². The average Bonchev–Trinajstić information content (AvgIpc) is 3.13. The smallest absolute Gasteiger partial charge is 0.0425 e. The molecule has 2 unspecified atom stereocenters. The molecule has 3 heteroatoms. The minimum absolute atomic E-state index is 0.656. The minimum atomic E-state index is 0.656. The van der Waals surface area contributed by atoms with E-state index in [0.717, 1.165) is 18.5 Å². The number of nitrogens with zero attached hydrogens (tertiary/aromatic N) is 1. The maximum absolute atomic E-state index is 3.64. The molecule has 19 heavy (non-hydrogen) atoms. The van der Waals surface area contributed by atoms with E-state index in [2.05, 4.69) is 58.2 Å². The minimum Gasteiger partial charge on any atom is -0.368 e. The van der Waals surface area contributed by atoms with Crippen molar-refractivity contribution in [1.29, 1.82) is 0 Å². The van der Waals surface area contributed by atoms with Gasteiger partial charge in [0.15, 0.2) is 0 Å². The molecule has 1 saturated carbocycles. The predicted octanol–water partition coefficient (Wildman–Crippen LogP) is 3.94. The van der Waals surface area contributed by atoms with Crippen LogP contribution in [0.3, 0.4) is 0 Å². The molecule has 0 bridgehead atoms. The standard InChI is InChI=1S/C16H23BrN2/c1-11-7-12(2)19(10-11)16-8-14(17)4-3-13(16)9-18-15-5-6-15/h3-4,8,11-12,15,18H,5-7,9-10H2,1-2H3. The van der Waals surface area contributed by atoms with E-state index >= 15 is 0 Å². The van der Waals surface area contributed by atoms with Gasteiger partial charge in [-0.3, -0.25) is 0 Å². The van der Waals surface area contributed by atoms with Crippen LogP contribution in [0.25, 0.3) is 0 Å². The highest BCUT2D eigenvalue weighted by atomic mass is 79.9. The van der Waals surface area contributed by atoms with Gasteiger partial charge in [-0.2, -0.15) is 0 Å². The van der Waals surface area contributed by atoms with E-state index in [1.807, 2.05) is 0 Å². The van der Waals surface area contributed by atoms with Gasteiger partial charge in [-0.25, -0.2) is 0 Å². The van der Waals surface area contributed by atoms with Crippen LogP contribution in [0.15, 0.2) is 22.7 Å². The second-order valence-corrected chi connectivity index (χ2v) is 7.19. The van der Waals surface area contributed by atoms with Gasteiger partial charge < -0.3 is 10.2 Å². The zero-order valence-electron chi connectivity index (χ0n) is 11.8. The largest absolute Gasteiger partial charge is 0.368 e. The highest BCUT2D eigenvalue weighted by molar-refractivity contribution is 9.10. The van der Waals surface area contributed by atoms with Gasteiger partial charge in [0.25, 0.3) is 0 Å². The van der Waals surface area contributed by atoms with Gasteiger partial charge >= 0.3 is 0 Å². The van der Waals surface area contributed by atoms with Crippen LogP contribution in [0.5, 0.6) is 0 Å². The van der Waals surface area contributed by atoms with Crippen molar-refractivity contribution in [3.05, 3.63) is 28.2 Å².